The lowest BCUT2D eigenvalue weighted by molar-refractivity contribution is -0.144. The van der Waals surface area contributed by atoms with E-state index in [1.165, 1.54) is 4.90 Å². The van der Waals surface area contributed by atoms with E-state index in [2.05, 4.69) is 20.9 Å². The Bertz CT molecular complexity index is 1600. The molecule has 2 saturated heterocycles. The summed E-state index contributed by atoms with van der Waals surface area (Å²) in [4.78, 5) is 73.0. The first kappa shape index (κ1) is 34.3. The predicted molar refractivity (Wildman–Crippen MR) is 179 cm³/mol. The third-order valence-corrected chi connectivity index (χ3v) is 9.22. The van der Waals surface area contributed by atoms with Gasteiger partial charge in [-0.3, -0.25) is 24.2 Å². The monoisotopic (exact) mass is 653 g/mol. The van der Waals surface area contributed by atoms with Gasteiger partial charge < -0.3 is 25.6 Å². The van der Waals surface area contributed by atoms with Crippen molar-refractivity contribution in [3.63, 3.8) is 0 Å². The molecule has 3 N–H and O–H groups in total. The number of esters is 1. The van der Waals surface area contributed by atoms with Crippen molar-refractivity contribution in [2.24, 2.45) is 0 Å². The van der Waals surface area contributed by atoms with Crippen LogP contribution in [0.3, 0.4) is 0 Å². The van der Waals surface area contributed by atoms with Crippen molar-refractivity contribution in [1.82, 2.24) is 25.8 Å². The Morgan fingerprint density at radius 2 is 1.60 bits per heavy atom. The van der Waals surface area contributed by atoms with E-state index in [0.717, 1.165) is 16.7 Å². The Morgan fingerprint density at radius 3 is 2.31 bits per heavy atom. The number of amides is 4. The van der Waals surface area contributed by atoms with Crippen molar-refractivity contribution in [2.75, 3.05) is 13.2 Å². The van der Waals surface area contributed by atoms with E-state index in [0.29, 0.717) is 37.8 Å². The highest BCUT2D eigenvalue weighted by Gasteiger charge is 2.43. The van der Waals surface area contributed by atoms with Crippen LogP contribution in [-0.4, -0.2) is 76.3 Å². The molecule has 0 radical (unpaired) electrons. The highest BCUT2D eigenvalue weighted by molar-refractivity contribution is 5.99. The molecule has 2 fully saturated rings. The van der Waals surface area contributed by atoms with Crippen LogP contribution < -0.4 is 16.0 Å². The zero-order valence-corrected chi connectivity index (χ0v) is 27.4. The summed E-state index contributed by atoms with van der Waals surface area (Å²) in [6.45, 7) is 3.94. The number of rotatable bonds is 10. The molecule has 2 aliphatic heterocycles. The van der Waals surface area contributed by atoms with E-state index in [9.17, 15) is 24.0 Å². The topological polar surface area (TPSA) is 147 Å². The summed E-state index contributed by atoms with van der Waals surface area (Å²) in [7, 11) is 0. The molecule has 2 aliphatic rings. The summed E-state index contributed by atoms with van der Waals surface area (Å²) in [5, 5.41) is 8.68. The van der Waals surface area contributed by atoms with Gasteiger partial charge in [0.2, 0.25) is 23.6 Å². The maximum absolute atomic E-state index is 14.1. The van der Waals surface area contributed by atoms with Crippen molar-refractivity contribution in [3.8, 4) is 11.1 Å². The summed E-state index contributed by atoms with van der Waals surface area (Å²) >= 11 is 0. The molecule has 11 nitrogen and oxygen atoms in total. The molecule has 4 amide bonds. The minimum Gasteiger partial charge on any atom is -0.462 e. The van der Waals surface area contributed by atoms with Crippen molar-refractivity contribution < 1.29 is 28.7 Å². The average molecular weight is 654 g/mol. The van der Waals surface area contributed by atoms with Crippen molar-refractivity contribution in [2.45, 2.75) is 82.5 Å². The molecule has 0 unspecified atom stereocenters. The third-order valence-electron chi connectivity index (χ3n) is 9.22. The van der Waals surface area contributed by atoms with Gasteiger partial charge in [0.25, 0.3) is 0 Å². The number of carbonyl (C=O) groups excluding carboxylic acids is 5. The largest absolute Gasteiger partial charge is 0.462 e. The Kier molecular flexibility index (Phi) is 11.2. The maximum Gasteiger partial charge on any atom is 0.338 e. The number of pyridine rings is 1. The van der Waals surface area contributed by atoms with Crippen LogP contribution in [0.25, 0.3) is 11.1 Å². The number of fused-ring (bicyclic) bond motifs is 1. The summed E-state index contributed by atoms with van der Waals surface area (Å²) < 4.78 is 5.36. The van der Waals surface area contributed by atoms with Crippen molar-refractivity contribution in [1.29, 1.82) is 0 Å². The highest BCUT2D eigenvalue weighted by atomic mass is 16.5. The van der Waals surface area contributed by atoms with Crippen LogP contribution in [0.5, 0.6) is 0 Å². The fourth-order valence-electron chi connectivity index (χ4n) is 6.11. The average Bonchev–Trinajstić information content (AvgIpc) is 3.61. The number of nitrogens with one attached hydrogen (secondary N) is 3. The van der Waals surface area contributed by atoms with Crippen LogP contribution in [0.2, 0.25) is 0 Å². The lowest BCUT2D eigenvalue weighted by Gasteiger charge is -2.36. The summed E-state index contributed by atoms with van der Waals surface area (Å²) in [5.74, 6) is -2.12. The standard InChI is InChI=1S/C37H43N5O6/c1-3-37(2)36(47)40-30(24-25-14-16-26(17-15-25)27-18-20-38-21-19-27)34(45)42-22-9-13-31(42)33(44)39-29(32(43)41-37)12-7-8-23-48-35(46)28-10-5-4-6-11-28/h4-6,10-11,14-21,29-31H,3,7-9,12-13,22-24H2,1-2H3,(H,39,44)(H,40,47)(H,41,43)/t29-,30-,31+,37-/m0/s1. The van der Waals surface area contributed by atoms with Crippen LogP contribution in [0.4, 0.5) is 0 Å². The first-order chi connectivity index (χ1) is 23.2. The van der Waals surface area contributed by atoms with E-state index >= 15 is 0 Å². The van der Waals surface area contributed by atoms with Crippen LogP contribution in [0.1, 0.15) is 68.3 Å². The van der Waals surface area contributed by atoms with E-state index in [1.807, 2.05) is 42.5 Å². The molecule has 3 aromatic rings. The molecule has 48 heavy (non-hydrogen) atoms. The summed E-state index contributed by atoms with van der Waals surface area (Å²) in [5.41, 5.74) is 1.97. The smallest absolute Gasteiger partial charge is 0.338 e. The van der Waals surface area contributed by atoms with Gasteiger partial charge in [0.1, 0.15) is 23.7 Å². The van der Waals surface area contributed by atoms with Gasteiger partial charge in [0, 0.05) is 25.4 Å². The fourth-order valence-corrected chi connectivity index (χ4v) is 6.11. The molecule has 0 saturated carbocycles. The van der Waals surface area contributed by atoms with Gasteiger partial charge in [-0.1, -0.05) is 49.4 Å². The highest BCUT2D eigenvalue weighted by Crippen LogP contribution is 2.24. The SMILES string of the molecule is CC[C@]1(C)NC(=O)[C@H](CCCCOC(=O)c2ccccc2)NC(=O)[C@H]2CCCN2C(=O)[C@H](Cc2ccc(-c3ccncc3)cc2)NC1=O. The summed E-state index contributed by atoms with van der Waals surface area (Å²) in [6.07, 6.45) is 6.23. The minimum atomic E-state index is -1.33. The number of hydrogen-bond acceptors (Lipinski definition) is 7. The first-order valence-corrected chi connectivity index (χ1v) is 16.6. The molecule has 1 aromatic heterocycles. The molecular weight excluding hydrogens is 610 g/mol. The predicted octanol–water partition coefficient (Wildman–Crippen LogP) is 3.58. The number of hydrogen-bond donors (Lipinski definition) is 3. The third kappa shape index (κ3) is 8.26. The number of carbonyl (C=O) groups is 5. The second-order valence-corrected chi connectivity index (χ2v) is 12.6. The second kappa shape index (κ2) is 15.7. The minimum absolute atomic E-state index is 0.157. The zero-order valence-electron chi connectivity index (χ0n) is 27.4. The van der Waals surface area contributed by atoms with E-state index in [1.54, 1.807) is 50.5 Å². The van der Waals surface area contributed by atoms with Gasteiger partial charge in [-0.25, -0.2) is 4.79 Å². The molecule has 3 heterocycles. The molecular formula is C37H43N5O6. The molecule has 2 aromatic carbocycles. The lowest BCUT2D eigenvalue weighted by Crippen LogP contribution is -2.65. The second-order valence-electron chi connectivity index (χ2n) is 12.6. The van der Waals surface area contributed by atoms with Gasteiger partial charge in [0.15, 0.2) is 0 Å². The van der Waals surface area contributed by atoms with Crippen molar-refractivity contribution >= 4 is 29.6 Å². The van der Waals surface area contributed by atoms with Gasteiger partial charge in [-0.2, -0.15) is 0 Å². The molecule has 11 heteroatoms. The van der Waals surface area contributed by atoms with E-state index in [4.69, 9.17) is 4.74 Å². The lowest BCUT2D eigenvalue weighted by atomic mass is 9.94. The van der Waals surface area contributed by atoms with Gasteiger partial charge >= 0.3 is 5.97 Å². The number of unbranched alkanes of at least 4 members (excludes halogenated alkanes) is 1. The van der Waals surface area contributed by atoms with Crippen LogP contribution in [0, 0.1) is 0 Å². The Labute approximate surface area is 280 Å². The molecule has 5 rings (SSSR count). The number of benzene rings is 2. The molecule has 0 aliphatic carbocycles. The Morgan fingerprint density at radius 1 is 0.896 bits per heavy atom. The molecule has 252 valence electrons. The van der Waals surface area contributed by atoms with Crippen LogP contribution in [-0.2, 0) is 30.3 Å². The normalized spacial score (nSPS) is 23.2. The Hall–Kier alpha value is -5.06. The van der Waals surface area contributed by atoms with E-state index < -0.39 is 47.4 Å². The van der Waals surface area contributed by atoms with Crippen LogP contribution in [0.15, 0.2) is 79.1 Å². The quantitative estimate of drug-likeness (QED) is 0.224. The first-order valence-electron chi connectivity index (χ1n) is 16.6. The van der Waals surface area contributed by atoms with Crippen LogP contribution >= 0.6 is 0 Å². The Balaban J connectivity index is 1.29. The number of aromatic nitrogens is 1. The zero-order chi connectivity index (χ0) is 34.1. The number of ether oxygens (including phenoxy) is 1. The fraction of sp³-hybridized carbons (Fsp3) is 0.405. The summed E-state index contributed by atoms with van der Waals surface area (Å²) in [6, 6.07) is 17.6. The molecule has 0 bridgehead atoms. The van der Waals surface area contributed by atoms with Gasteiger partial charge in [0.05, 0.1) is 12.2 Å². The van der Waals surface area contributed by atoms with E-state index in [-0.39, 0.29) is 31.8 Å². The number of nitrogens with zero attached hydrogens (tertiary/aromatic N) is 2. The molecule has 0 spiro atoms. The van der Waals surface area contributed by atoms with Gasteiger partial charge in [-0.05, 0) is 86.4 Å². The van der Waals surface area contributed by atoms with Crippen molar-refractivity contribution in [3.05, 3.63) is 90.3 Å². The van der Waals surface area contributed by atoms with Gasteiger partial charge in [-0.15, -0.1) is 0 Å². The maximum atomic E-state index is 14.1. The molecule has 4 atom stereocenters.